The van der Waals surface area contributed by atoms with E-state index >= 15 is 0 Å². The maximum absolute atomic E-state index is 12.1. The lowest BCUT2D eigenvalue weighted by atomic mass is 10.0. The van der Waals surface area contributed by atoms with Gasteiger partial charge < -0.3 is 15.0 Å². The van der Waals surface area contributed by atoms with Crippen LogP contribution in [0.1, 0.15) is 36.3 Å². The summed E-state index contributed by atoms with van der Waals surface area (Å²) in [6, 6.07) is 1.42. The number of hydrogen-bond acceptors (Lipinski definition) is 3. The van der Waals surface area contributed by atoms with Crippen LogP contribution < -0.4 is 10.7 Å². The molecule has 1 amide bonds. The van der Waals surface area contributed by atoms with E-state index in [-0.39, 0.29) is 28.9 Å². The van der Waals surface area contributed by atoms with Crippen molar-refractivity contribution in [2.24, 2.45) is 5.92 Å². The number of methoxy groups -OCH3 is 1. The van der Waals surface area contributed by atoms with E-state index in [1.807, 2.05) is 13.8 Å². The van der Waals surface area contributed by atoms with Crippen molar-refractivity contribution in [2.75, 3.05) is 13.7 Å². The van der Waals surface area contributed by atoms with E-state index in [1.165, 1.54) is 12.3 Å². The Bertz CT molecular complexity index is 480. The lowest BCUT2D eigenvalue weighted by Gasteiger charge is -2.22. The lowest BCUT2D eigenvalue weighted by molar-refractivity contribution is 0.0907. The average Bonchev–Trinajstić information content (AvgIpc) is 2.33. The van der Waals surface area contributed by atoms with Crippen LogP contribution in [0.15, 0.2) is 17.1 Å². The zero-order chi connectivity index (χ0) is 14.4. The van der Waals surface area contributed by atoms with Gasteiger partial charge in [0.25, 0.3) is 5.91 Å². The minimum atomic E-state index is -0.337. The minimum absolute atomic E-state index is 0.00634. The molecule has 0 aliphatic rings. The third-order valence-corrected chi connectivity index (χ3v) is 3.06. The largest absolute Gasteiger partial charge is 0.385 e. The molecule has 1 rings (SSSR count). The summed E-state index contributed by atoms with van der Waals surface area (Å²) in [4.78, 5) is 26.7. The number of aryl methyl sites for hydroxylation is 1. The average molecular weight is 266 g/mol. The quantitative estimate of drug-likeness (QED) is 0.819. The second kappa shape index (κ2) is 7.09. The highest BCUT2D eigenvalue weighted by molar-refractivity contribution is 5.93. The second-order valence-corrected chi connectivity index (χ2v) is 5.00. The molecule has 0 saturated heterocycles. The Morgan fingerprint density at radius 2 is 2.16 bits per heavy atom. The molecule has 0 aliphatic carbocycles. The topological polar surface area (TPSA) is 71.2 Å². The molecule has 0 bridgehead atoms. The number of pyridine rings is 1. The maximum atomic E-state index is 12.1. The molecule has 1 heterocycles. The number of carbonyl (C=O) groups excluding carboxylic acids is 1. The van der Waals surface area contributed by atoms with E-state index in [1.54, 1.807) is 14.0 Å². The van der Waals surface area contributed by atoms with Gasteiger partial charge in [-0.25, -0.2) is 0 Å². The van der Waals surface area contributed by atoms with E-state index in [9.17, 15) is 9.59 Å². The van der Waals surface area contributed by atoms with Crippen LogP contribution >= 0.6 is 0 Å². The fraction of sp³-hybridized carbons (Fsp3) is 0.571. The molecule has 0 aliphatic heterocycles. The predicted octanol–water partition coefficient (Wildman–Crippen LogP) is 1.47. The van der Waals surface area contributed by atoms with Crippen LogP contribution in [0, 0.1) is 12.8 Å². The zero-order valence-corrected chi connectivity index (χ0v) is 11.9. The first kappa shape index (κ1) is 15.4. The molecule has 5 heteroatoms. The number of H-pyrrole nitrogens is 1. The van der Waals surface area contributed by atoms with Crippen molar-refractivity contribution in [3.8, 4) is 0 Å². The van der Waals surface area contributed by atoms with Crippen molar-refractivity contribution < 1.29 is 9.53 Å². The molecule has 106 valence electrons. The highest BCUT2D eigenvalue weighted by Gasteiger charge is 2.18. The van der Waals surface area contributed by atoms with E-state index in [0.29, 0.717) is 6.61 Å². The summed E-state index contributed by atoms with van der Waals surface area (Å²) in [5.41, 5.74) is 0.623. The van der Waals surface area contributed by atoms with Crippen LogP contribution in [0.2, 0.25) is 0 Å². The molecule has 1 atom stereocenters. The molecule has 5 nitrogen and oxygen atoms in total. The molecular formula is C14H22N2O3. The van der Waals surface area contributed by atoms with Gasteiger partial charge in [0.05, 0.1) is 0 Å². The van der Waals surface area contributed by atoms with Gasteiger partial charge in [0, 0.05) is 37.7 Å². The summed E-state index contributed by atoms with van der Waals surface area (Å²) in [5.74, 6) is -0.0558. The number of amides is 1. The summed E-state index contributed by atoms with van der Waals surface area (Å²) in [6.07, 6.45) is 2.18. The Balaban J connectivity index is 2.79. The highest BCUT2D eigenvalue weighted by atomic mass is 16.5. The molecule has 2 N–H and O–H groups in total. The van der Waals surface area contributed by atoms with E-state index in [0.717, 1.165) is 12.1 Å². The van der Waals surface area contributed by atoms with Crippen molar-refractivity contribution in [2.45, 2.75) is 33.2 Å². The monoisotopic (exact) mass is 266 g/mol. The lowest BCUT2D eigenvalue weighted by Crippen LogP contribution is -2.41. The van der Waals surface area contributed by atoms with Crippen molar-refractivity contribution in [1.29, 1.82) is 0 Å². The Kier molecular flexibility index (Phi) is 5.76. The van der Waals surface area contributed by atoms with Crippen molar-refractivity contribution in [3.05, 3.63) is 33.7 Å². The van der Waals surface area contributed by atoms with Gasteiger partial charge in [-0.2, -0.15) is 0 Å². The predicted molar refractivity (Wildman–Crippen MR) is 74.4 cm³/mol. The molecule has 0 fully saturated rings. The van der Waals surface area contributed by atoms with Gasteiger partial charge in [0.1, 0.15) is 5.56 Å². The summed E-state index contributed by atoms with van der Waals surface area (Å²) >= 11 is 0. The molecule has 1 aromatic heterocycles. The second-order valence-electron chi connectivity index (χ2n) is 5.00. The molecule has 0 aromatic carbocycles. The molecule has 0 spiro atoms. The Morgan fingerprint density at radius 1 is 1.47 bits per heavy atom. The summed E-state index contributed by atoms with van der Waals surface area (Å²) in [6.45, 7) is 6.41. The van der Waals surface area contributed by atoms with E-state index in [2.05, 4.69) is 10.3 Å². The van der Waals surface area contributed by atoms with Gasteiger partial charge in [-0.15, -0.1) is 0 Å². The molecule has 19 heavy (non-hydrogen) atoms. The number of rotatable bonds is 6. The van der Waals surface area contributed by atoms with Gasteiger partial charge in [0.2, 0.25) is 0 Å². The number of aromatic nitrogens is 1. The Morgan fingerprint density at radius 3 is 2.68 bits per heavy atom. The normalized spacial score (nSPS) is 12.5. The number of hydrogen-bond donors (Lipinski definition) is 2. The minimum Gasteiger partial charge on any atom is -0.385 e. The van der Waals surface area contributed by atoms with Crippen LogP contribution in [-0.2, 0) is 4.74 Å². The first-order valence-corrected chi connectivity index (χ1v) is 6.44. The standard InChI is InChI=1S/C14H22N2O3/c1-9(2)12(5-6-19-4)16-14(18)11-8-15-10(3)7-13(11)17/h7-9,12H,5-6H2,1-4H3,(H,15,17)(H,16,18). The Labute approximate surface area is 113 Å². The van der Waals surface area contributed by atoms with Crippen LogP contribution in [0.3, 0.4) is 0 Å². The SMILES string of the molecule is COCCC(NC(=O)c1c[nH]c(C)cc1=O)C(C)C. The fourth-order valence-corrected chi connectivity index (χ4v) is 1.81. The van der Waals surface area contributed by atoms with Crippen molar-refractivity contribution in [1.82, 2.24) is 10.3 Å². The summed E-state index contributed by atoms with van der Waals surface area (Å²) < 4.78 is 5.03. The number of carbonyl (C=O) groups is 1. The summed E-state index contributed by atoms with van der Waals surface area (Å²) in [5, 5.41) is 2.89. The van der Waals surface area contributed by atoms with Gasteiger partial charge in [-0.05, 0) is 19.3 Å². The molecule has 1 unspecified atom stereocenters. The van der Waals surface area contributed by atoms with E-state index in [4.69, 9.17) is 4.74 Å². The van der Waals surface area contributed by atoms with Crippen LogP contribution in [0.5, 0.6) is 0 Å². The first-order chi connectivity index (χ1) is 8.95. The smallest absolute Gasteiger partial charge is 0.256 e. The fourth-order valence-electron chi connectivity index (χ4n) is 1.81. The zero-order valence-electron chi connectivity index (χ0n) is 11.9. The molecule has 0 radical (unpaired) electrons. The third-order valence-electron chi connectivity index (χ3n) is 3.06. The van der Waals surface area contributed by atoms with Crippen LogP contribution in [0.25, 0.3) is 0 Å². The third kappa shape index (κ3) is 4.52. The van der Waals surface area contributed by atoms with Crippen LogP contribution in [0.4, 0.5) is 0 Å². The first-order valence-electron chi connectivity index (χ1n) is 6.44. The molecule has 1 aromatic rings. The van der Waals surface area contributed by atoms with E-state index < -0.39 is 0 Å². The number of nitrogens with one attached hydrogen (secondary N) is 2. The highest BCUT2D eigenvalue weighted by Crippen LogP contribution is 2.07. The van der Waals surface area contributed by atoms with Crippen LogP contribution in [-0.4, -0.2) is 30.6 Å². The van der Waals surface area contributed by atoms with Gasteiger partial charge >= 0.3 is 0 Å². The molecular weight excluding hydrogens is 244 g/mol. The Hall–Kier alpha value is -1.62. The number of ether oxygens (including phenoxy) is 1. The maximum Gasteiger partial charge on any atom is 0.256 e. The van der Waals surface area contributed by atoms with Crippen molar-refractivity contribution >= 4 is 5.91 Å². The van der Waals surface area contributed by atoms with Gasteiger partial charge in [0.15, 0.2) is 5.43 Å². The number of aromatic amines is 1. The molecule has 0 saturated carbocycles. The van der Waals surface area contributed by atoms with Gasteiger partial charge in [-0.3, -0.25) is 9.59 Å². The van der Waals surface area contributed by atoms with Gasteiger partial charge in [-0.1, -0.05) is 13.8 Å². The van der Waals surface area contributed by atoms with Crippen molar-refractivity contribution in [3.63, 3.8) is 0 Å². The summed E-state index contributed by atoms with van der Waals surface area (Å²) in [7, 11) is 1.63.